The molecule has 2 rings (SSSR count). The second-order valence-corrected chi connectivity index (χ2v) is 8.35. The third-order valence-electron chi connectivity index (χ3n) is 4.83. The van der Waals surface area contributed by atoms with Gasteiger partial charge in [-0.1, -0.05) is 31.3 Å². The quantitative estimate of drug-likeness (QED) is 0.160. The topological polar surface area (TPSA) is 94.4 Å². The van der Waals surface area contributed by atoms with E-state index >= 15 is 0 Å². The lowest BCUT2D eigenvalue weighted by molar-refractivity contribution is 0.0933. The predicted octanol–water partition coefficient (Wildman–Crippen LogP) is 2.92. The summed E-state index contributed by atoms with van der Waals surface area (Å²) >= 11 is 15.1. The minimum Gasteiger partial charge on any atom is -0.381 e. The second-order valence-electron chi connectivity index (χ2n) is 7.27. The van der Waals surface area contributed by atoms with Crippen molar-refractivity contribution < 1.29 is 4.79 Å². The maximum atomic E-state index is 12.8. The third kappa shape index (κ3) is 10.2. The van der Waals surface area contributed by atoms with Gasteiger partial charge in [0.1, 0.15) is 0 Å². The molecule has 0 spiro atoms. The van der Waals surface area contributed by atoms with Gasteiger partial charge in [0.2, 0.25) is 0 Å². The summed E-state index contributed by atoms with van der Waals surface area (Å²) in [6.07, 6.45) is 0.998. The number of nitrogens with zero attached hydrogens (tertiary/aromatic N) is 1. The van der Waals surface area contributed by atoms with Crippen LogP contribution in [0.2, 0.25) is 0 Å². The number of rotatable bonds is 13. The molecule has 0 bridgehead atoms. The molecule has 0 amide bonds. The molecule has 0 heterocycles. The molecule has 0 aliphatic heterocycles. The van der Waals surface area contributed by atoms with Crippen molar-refractivity contribution in [2.45, 2.75) is 13.3 Å². The largest absolute Gasteiger partial charge is 0.381 e. The van der Waals surface area contributed by atoms with Gasteiger partial charge in [-0.15, -0.1) is 0 Å². The van der Waals surface area contributed by atoms with E-state index in [0.29, 0.717) is 36.9 Å². The fourth-order valence-electron chi connectivity index (χ4n) is 3.05. The maximum Gasteiger partial charge on any atom is 0.176 e. The van der Waals surface area contributed by atoms with E-state index in [4.69, 9.17) is 42.4 Å². The van der Waals surface area contributed by atoms with Crippen LogP contribution in [0.1, 0.15) is 22.8 Å². The second kappa shape index (κ2) is 14.5. The van der Waals surface area contributed by atoms with Crippen molar-refractivity contribution in [2.75, 3.05) is 43.4 Å². The first-order valence-electron chi connectivity index (χ1n) is 10.6. The van der Waals surface area contributed by atoms with Crippen LogP contribution in [0.3, 0.4) is 0 Å². The lowest BCUT2D eigenvalue weighted by Gasteiger charge is -2.22. The van der Waals surface area contributed by atoms with Crippen molar-refractivity contribution in [1.82, 2.24) is 15.5 Å². The Morgan fingerprint density at radius 1 is 0.970 bits per heavy atom. The van der Waals surface area contributed by atoms with Gasteiger partial charge in [-0.25, -0.2) is 0 Å². The predicted molar refractivity (Wildman–Crippen MR) is 149 cm³/mol. The molecule has 0 aromatic heterocycles. The third-order valence-corrected chi connectivity index (χ3v) is 5.35. The molecule has 0 saturated heterocycles. The van der Waals surface area contributed by atoms with E-state index in [1.165, 1.54) is 11.1 Å². The number of nitrogens with one attached hydrogen (secondary N) is 4. The molecule has 0 aliphatic carbocycles. The average Bonchev–Trinajstić information content (AvgIpc) is 2.79. The molecule has 6 N–H and O–H groups in total. The van der Waals surface area contributed by atoms with Gasteiger partial charge in [-0.2, -0.15) is 0 Å². The summed E-state index contributed by atoms with van der Waals surface area (Å²) in [5.74, 6) is 0.0240. The molecule has 0 saturated carbocycles. The molecular weight excluding hydrogens is 472 g/mol. The van der Waals surface area contributed by atoms with Gasteiger partial charge in [0.05, 0.1) is 12.0 Å². The van der Waals surface area contributed by atoms with E-state index in [1.54, 1.807) is 24.3 Å². The van der Waals surface area contributed by atoms with Gasteiger partial charge < -0.3 is 27.0 Å². The van der Waals surface area contributed by atoms with Gasteiger partial charge in [-0.3, -0.25) is 9.69 Å². The summed E-state index contributed by atoms with van der Waals surface area (Å²) in [7, 11) is 0. The fourth-order valence-corrected chi connectivity index (χ4v) is 3.51. The molecule has 0 radical (unpaired) electrons. The van der Waals surface area contributed by atoms with Crippen LogP contribution >= 0.6 is 36.7 Å². The lowest BCUT2D eigenvalue weighted by atomic mass is 10.1. The number of thiocarbonyl (C=S) groups is 3. The van der Waals surface area contributed by atoms with Crippen LogP contribution in [0.15, 0.2) is 48.5 Å². The van der Waals surface area contributed by atoms with Crippen molar-refractivity contribution in [3.63, 3.8) is 0 Å². The SMILES string of the molecule is CCc1ccc(NC(=S)NCCN(CCNC=S)CC(=O)c2ccc(NC(N)=S)cc2)cc1. The Labute approximate surface area is 211 Å². The van der Waals surface area contributed by atoms with Gasteiger partial charge >= 0.3 is 0 Å². The summed E-state index contributed by atoms with van der Waals surface area (Å²) in [4.78, 5) is 14.8. The summed E-state index contributed by atoms with van der Waals surface area (Å²) in [6.45, 7) is 4.96. The number of hydrogen-bond acceptors (Lipinski definition) is 5. The van der Waals surface area contributed by atoms with Crippen LogP contribution in [-0.2, 0) is 6.42 Å². The monoisotopic (exact) mass is 502 g/mol. The minimum absolute atomic E-state index is 0.0240. The number of aryl methyl sites for hydroxylation is 1. The van der Waals surface area contributed by atoms with Crippen LogP contribution in [0.25, 0.3) is 0 Å². The number of ketones is 1. The Kier molecular flexibility index (Phi) is 11.7. The molecular formula is C23H30N6OS3. The first-order chi connectivity index (χ1) is 15.9. The molecule has 7 nitrogen and oxygen atoms in total. The van der Waals surface area contributed by atoms with Crippen LogP contribution in [-0.4, -0.2) is 59.1 Å². The molecule has 33 heavy (non-hydrogen) atoms. The molecule has 0 atom stereocenters. The van der Waals surface area contributed by atoms with Gasteiger partial charge in [-0.05, 0) is 72.8 Å². The molecule has 0 unspecified atom stereocenters. The minimum atomic E-state index is 0.0240. The summed E-state index contributed by atoms with van der Waals surface area (Å²) in [5, 5.41) is 13.0. The Bertz CT molecular complexity index is 934. The zero-order valence-corrected chi connectivity index (χ0v) is 21.0. The van der Waals surface area contributed by atoms with Crippen molar-refractivity contribution in [1.29, 1.82) is 0 Å². The Morgan fingerprint density at radius 2 is 1.58 bits per heavy atom. The summed E-state index contributed by atoms with van der Waals surface area (Å²) in [5.41, 5.74) is 10.5. The fraction of sp³-hybridized carbons (Fsp3) is 0.304. The van der Waals surface area contributed by atoms with Gasteiger partial charge in [0, 0.05) is 43.1 Å². The Balaban J connectivity index is 1.86. The molecule has 176 valence electrons. The zero-order valence-electron chi connectivity index (χ0n) is 18.6. The molecule has 2 aromatic rings. The summed E-state index contributed by atoms with van der Waals surface area (Å²) < 4.78 is 0. The van der Waals surface area contributed by atoms with Crippen molar-refractivity contribution in [3.05, 3.63) is 59.7 Å². The van der Waals surface area contributed by atoms with Crippen molar-refractivity contribution >= 4 is 69.5 Å². The number of hydrogen-bond donors (Lipinski definition) is 5. The number of nitrogens with two attached hydrogens (primary N) is 1. The number of anilines is 2. The van der Waals surface area contributed by atoms with E-state index in [1.807, 2.05) is 12.1 Å². The van der Waals surface area contributed by atoms with Crippen LogP contribution in [0.4, 0.5) is 11.4 Å². The first kappa shape index (κ1) is 26.6. The van der Waals surface area contributed by atoms with E-state index in [0.717, 1.165) is 17.8 Å². The lowest BCUT2D eigenvalue weighted by Crippen LogP contribution is -2.41. The first-order valence-corrected chi connectivity index (χ1v) is 11.9. The van der Waals surface area contributed by atoms with E-state index < -0.39 is 0 Å². The summed E-state index contributed by atoms with van der Waals surface area (Å²) in [6, 6.07) is 15.3. The number of benzene rings is 2. The van der Waals surface area contributed by atoms with E-state index in [-0.39, 0.29) is 17.4 Å². The molecule has 0 fully saturated rings. The smallest absolute Gasteiger partial charge is 0.176 e. The van der Waals surface area contributed by atoms with E-state index in [9.17, 15) is 4.79 Å². The van der Waals surface area contributed by atoms with Crippen molar-refractivity contribution in [2.24, 2.45) is 5.73 Å². The van der Waals surface area contributed by atoms with Gasteiger partial charge in [0.25, 0.3) is 0 Å². The Morgan fingerprint density at radius 3 is 2.18 bits per heavy atom. The van der Waals surface area contributed by atoms with Gasteiger partial charge in [0.15, 0.2) is 16.0 Å². The van der Waals surface area contributed by atoms with Crippen LogP contribution in [0, 0.1) is 0 Å². The average molecular weight is 503 g/mol. The Hall–Kier alpha value is -2.66. The number of carbonyl (C=O) groups excluding carboxylic acids is 1. The standard InChI is InChI=1S/C23H30N6OS3/c1-2-17-3-7-20(8-4-17)28-23(33)26-12-14-29(13-11-25-16-31)15-21(30)18-5-9-19(10-6-18)27-22(24)32/h3-10,16H,2,11-15H2,1H3,(H,25,31)(H3,24,27,32)(H2,26,28,33). The highest BCUT2D eigenvalue weighted by atomic mass is 32.1. The van der Waals surface area contributed by atoms with Crippen LogP contribution < -0.4 is 27.0 Å². The highest BCUT2D eigenvalue weighted by Crippen LogP contribution is 2.11. The molecule has 2 aromatic carbocycles. The molecule has 10 heteroatoms. The number of Topliss-reactive ketones (excluding diaryl/α,β-unsaturated/α-hetero) is 1. The van der Waals surface area contributed by atoms with E-state index in [2.05, 4.69) is 45.2 Å². The zero-order chi connectivity index (χ0) is 24.1. The normalized spacial score (nSPS) is 10.4. The molecule has 0 aliphatic rings. The number of carbonyl (C=O) groups is 1. The maximum absolute atomic E-state index is 12.8. The highest BCUT2D eigenvalue weighted by Gasteiger charge is 2.13. The van der Waals surface area contributed by atoms with Crippen molar-refractivity contribution in [3.8, 4) is 0 Å². The highest BCUT2D eigenvalue weighted by molar-refractivity contribution is 7.80. The van der Waals surface area contributed by atoms with Crippen LogP contribution in [0.5, 0.6) is 0 Å².